The molecule has 5 heteroatoms. The number of hydrogen-bond donors (Lipinski definition) is 0. The summed E-state index contributed by atoms with van der Waals surface area (Å²) >= 11 is 0. The zero-order valence-corrected chi connectivity index (χ0v) is 24.8. The molecule has 9 rings (SSSR count). The molecule has 5 heterocycles. The van der Waals surface area contributed by atoms with Gasteiger partial charge in [0, 0.05) is 29.7 Å². The molecule has 0 bridgehead atoms. The molecule has 0 spiro atoms. The normalized spacial score (nSPS) is 29.8. The van der Waals surface area contributed by atoms with Crippen LogP contribution in [0.5, 0.6) is 0 Å². The Bertz CT molecular complexity index is 1990. The van der Waals surface area contributed by atoms with Gasteiger partial charge in [0.15, 0.2) is 16.9 Å². The maximum atomic E-state index is 2.62. The summed E-state index contributed by atoms with van der Waals surface area (Å²) in [6.07, 6.45) is 16.5. The summed E-state index contributed by atoms with van der Waals surface area (Å²) in [5.41, 5.74) is 10.5. The van der Waals surface area contributed by atoms with E-state index in [-0.39, 0.29) is 22.0 Å². The Hall–Kier alpha value is -4.12. The summed E-state index contributed by atoms with van der Waals surface area (Å²) in [6.45, 7) is 12.0. The average molecular weight is 540 g/mol. The minimum Gasteiger partial charge on any atom is -0.330 e. The second-order valence-electron chi connectivity index (χ2n) is 13.7. The van der Waals surface area contributed by atoms with E-state index in [0.29, 0.717) is 0 Å². The molecule has 4 unspecified atom stereocenters. The van der Waals surface area contributed by atoms with Crippen LogP contribution in [0.1, 0.15) is 51.9 Å². The molecule has 3 aromatic heterocycles. The molecule has 0 amide bonds. The monoisotopic (exact) mass is 539 g/mol. The standard InChI is InChI=1S/C36H37N5/c1-24-37(6)21-30-28-13-12-26(20-29(28)33(2)15-16-34(33,3)41(24)30)38-22-31-32-27(25-10-8-7-9-11-25)14-19-39(32)35(4)17-18-36(35,5)40(31)23-38/h7-14,17-23H,15-16H2,1-6H3/q+2. The molecule has 41 heavy (non-hydrogen) atoms. The van der Waals surface area contributed by atoms with Gasteiger partial charge in [-0.3, -0.25) is 0 Å². The lowest BCUT2D eigenvalue weighted by Gasteiger charge is -2.57. The molecular weight excluding hydrogens is 502 g/mol. The van der Waals surface area contributed by atoms with E-state index in [1.807, 2.05) is 0 Å². The summed E-state index contributed by atoms with van der Waals surface area (Å²) in [6, 6.07) is 20.3. The van der Waals surface area contributed by atoms with Gasteiger partial charge in [-0.25, -0.2) is 18.3 Å². The van der Waals surface area contributed by atoms with Crippen LogP contribution in [-0.4, -0.2) is 13.7 Å². The number of allylic oxidation sites excluding steroid dienone is 2. The van der Waals surface area contributed by atoms with Crippen molar-refractivity contribution in [1.82, 2.24) is 13.7 Å². The molecule has 5 aromatic rings. The third-order valence-electron chi connectivity index (χ3n) is 12.1. The van der Waals surface area contributed by atoms with E-state index < -0.39 is 0 Å². The summed E-state index contributed by atoms with van der Waals surface area (Å²) in [7, 11) is 2.18. The lowest BCUT2D eigenvalue weighted by Crippen LogP contribution is -2.71. The van der Waals surface area contributed by atoms with Crippen molar-refractivity contribution in [2.24, 2.45) is 7.05 Å². The third-order valence-corrected chi connectivity index (χ3v) is 12.1. The van der Waals surface area contributed by atoms with Crippen LogP contribution in [0.3, 0.4) is 0 Å². The summed E-state index contributed by atoms with van der Waals surface area (Å²) in [5.74, 6) is 1.33. The fourth-order valence-electron chi connectivity index (χ4n) is 8.74. The van der Waals surface area contributed by atoms with Crippen molar-refractivity contribution in [3.05, 3.63) is 103 Å². The number of imidazole rings is 2. The lowest BCUT2D eigenvalue weighted by atomic mass is 9.51. The van der Waals surface area contributed by atoms with Crippen LogP contribution in [-0.2, 0) is 29.1 Å². The maximum Gasteiger partial charge on any atom is 0.253 e. The molecule has 1 saturated carbocycles. The van der Waals surface area contributed by atoms with Gasteiger partial charge in [-0.15, -0.1) is 0 Å². The summed E-state index contributed by atoms with van der Waals surface area (Å²) in [5, 5.41) is 0. The Balaban J connectivity index is 1.25. The number of nitrogens with zero attached hydrogens (tertiary/aromatic N) is 5. The van der Waals surface area contributed by atoms with E-state index >= 15 is 0 Å². The molecule has 4 aliphatic rings. The molecular formula is C36H37N5+2. The minimum atomic E-state index is -0.132. The Kier molecular flexibility index (Phi) is 4.03. The number of aromatic nitrogens is 5. The van der Waals surface area contributed by atoms with Gasteiger partial charge in [-0.1, -0.05) is 43.3 Å². The molecule has 0 N–H and O–H groups in total. The minimum absolute atomic E-state index is 0.0986. The number of aryl methyl sites for hydroxylation is 1. The SMILES string of the molecule is Cc1n2c(c[n+]1C)-c1ccc(-n3cc4[n+](c3)C3(C)C=CC3(C)n3ccc(-c5ccccc5)c3-4)cc1C1(C)CCC21C. The van der Waals surface area contributed by atoms with Gasteiger partial charge in [0.25, 0.3) is 5.82 Å². The third kappa shape index (κ3) is 2.44. The highest BCUT2D eigenvalue weighted by molar-refractivity contribution is 5.80. The van der Waals surface area contributed by atoms with Crippen molar-refractivity contribution >= 4 is 0 Å². The smallest absolute Gasteiger partial charge is 0.253 e. The van der Waals surface area contributed by atoms with Gasteiger partial charge >= 0.3 is 0 Å². The van der Waals surface area contributed by atoms with Crippen LogP contribution in [0.4, 0.5) is 0 Å². The van der Waals surface area contributed by atoms with Gasteiger partial charge in [0.2, 0.25) is 6.33 Å². The van der Waals surface area contributed by atoms with Gasteiger partial charge < -0.3 is 4.57 Å². The van der Waals surface area contributed by atoms with E-state index in [4.69, 9.17) is 0 Å². The molecule has 4 atom stereocenters. The molecule has 5 nitrogen and oxygen atoms in total. The predicted octanol–water partition coefficient (Wildman–Crippen LogP) is 6.30. The summed E-state index contributed by atoms with van der Waals surface area (Å²) < 4.78 is 12.3. The Morgan fingerprint density at radius 1 is 0.878 bits per heavy atom. The highest BCUT2D eigenvalue weighted by Crippen LogP contribution is 2.62. The van der Waals surface area contributed by atoms with Crippen molar-refractivity contribution in [3.8, 4) is 39.5 Å². The van der Waals surface area contributed by atoms with Crippen LogP contribution in [0, 0.1) is 6.92 Å². The largest absolute Gasteiger partial charge is 0.330 e. The molecule has 2 aliphatic carbocycles. The van der Waals surface area contributed by atoms with Gasteiger partial charge in [-0.2, -0.15) is 0 Å². The quantitative estimate of drug-likeness (QED) is 0.186. The highest BCUT2D eigenvalue weighted by atomic mass is 15.3. The second kappa shape index (κ2) is 7.02. The fraction of sp³-hybridized carbons (Fsp3) is 0.333. The number of benzene rings is 2. The first-order valence-corrected chi connectivity index (χ1v) is 15.0. The first kappa shape index (κ1) is 23.6. The van der Waals surface area contributed by atoms with E-state index in [9.17, 15) is 0 Å². The van der Waals surface area contributed by atoms with Crippen molar-refractivity contribution < 1.29 is 9.13 Å². The number of hydrogen-bond acceptors (Lipinski definition) is 0. The zero-order chi connectivity index (χ0) is 28.1. The van der Waals surface area contributed by atoms with Crippen molar-refractivity contribution in [1.29, 1.82) is 0 Å². The lowest BCUT2D eigenvalue weighted by molar-refractivity contribution is -0.757. The average Bonchev–Trinajstić information content (AvgIpc) is 3.69. The molecule has 2 aliphatic heterocycles. The van der Waals surface area contributed by atoms with Gasteiger partial charge in [0.1, 0.15) is 34.9 Å². The van der Waals surface area contributed by atoms with Crippen molar-refractivity contribution in [2.45, 2.75) is 69.5 Å². The topological polar surface area (TPSA) is 22.5 Å². The van der Waals surface area contributed by atoms with E-state index in [1.54, 1.807) is 0 Å². The van der Waals surface area contributed by atoms with Crippen LogP contribution < -0.4 is 9.13 Å². The van der Waals surface area contributed by atoms with Crippen molar-refractivity contribution in [3.63, 3.8) is 0 Å². The fourth-order valence-corrected chi connectivity index (χ4v) is 8.74. The first-order valence-electron chi connectivity index (χ1n) is 15.0. The van der Waals surface area contributed by atoms with Crippen LogP contribution in [0.25, 0.3) is 39.5 Å². The molecule has 0 radical (unpaired) electrons. The Morgan fingerprint density at radius 3 is 2.39 bits per heavy atom. The van der Waals surface area contributed by atoms with Gasteiger partial charge in [-0.05, 0) is 75.1 Å². The molecule has 0 saturated heterocycles. The molecule has 204 valence electrons. The number of fused-ring (bicyclic) bond motifs is 12. The second-order valence-corrected chi connectivity index (χ2v) is 13.7. The van der Waals surface area contributed by atoms with E-state index in [0.717, 1.165) is 0 Å². The van der Waals surface area contributed by atoms with E-state index in [2.05, 4.69) is 156 Å². The van der Waals surface area contributed by atoms with E-state index in [1.165, 1.54) is 63.7 Å². The van der Waals surface area contributed by atoms with Crippen LogP contribution >= 0.6 is 0 Å². The Labute approximate surface area is 241 Å². The zero-order valence-electron chi connectivity index (χ0n) is 24.8. The van der Waals surface area contributed by atoms with Crippen LogP contribution in [0.2, 0.25) is 0 Å². The van der Waals surface area contributed by atoms with Gasteiger partial charge in [0.05, 0.1) is 7.05 Å². The first-order chi connectivity index (χ1) is 19.6. The summed E-state index contributed by atoms with van der Waals surface area (Å²) in [4.78, 5) is 0. The molecule has 2 aromatic carbocycles. The van der Waals surface area contributed by atoms with Crippen molar-refractivity contribution in [2.75, 3.05) is 0 Å². The molecule has 1 fully saturated rings. The predicted molar refractivity (Wildman–Crippen MR) is 161 cm³/mol. The Morgan fingerprint density at radius 2 is 1.68 bits per heavy atom. The number of rotatable bonds is 2. The highest BCUT2D eigenvalue weighted by Gasteiger charge is 2.63. The maximum absolute atomic E-state index is 2.62. The van der Waals surface area contributed by atoms with Crippen LogP contribution in [0.15, 0.2) is 91.7 Å².